The van der Waals surface area contributed by atoms with E-state index in [1.54, 1.807) is 48.5 Å². The lowest BCUT2D eigenvalue weighted by Gasteiger charge is -2.21. The summed E-state index contributed by atoms with van der Waals surface area (Å²) in [4.78, 5) is 25.5. The van der Waals surface area contributed by atoms with Gasteiger partial charge in [-0.1, -0.05) is 12.1 Å². The minimum atomic E-state index is -0.348. The topological polar surface area (TPSA) is 82.4 Å². The third-order valence-electron chi connectivity index (χ3n) is 3.37. The number of nitrogens with one attached hydrogen (secondary N) is 1. The van der Waals surface area contributed by atoms with Gasteiger partial charge in [-0.3, -0.25) is 9.59 Å². The summed E-state index contributed by atoms with van der Waals surface area (Å²) in [7, 11) is 1.52. The predicted molar refractivity (Wildman–Crippen MR) is 90.8 cm³/mol. The highest BCUT2D eigenvalue weighted by molar-refractivity contribution is 6.02. The van der Waals surface area contributed by atoms with Crippen LogP contribution in [0.25, 0.3) is 0 Å². The van der Waals surface area contributed by atoms with Crippen molar-refractivity contribution >= 4 is 23.2 Å². The lowest BCUT2D eigenvalue weighted by molar-refractivity contribution is -0.120. The predicted octanol–water partition coefficient (Wildman–Crippen LogP) is 2.56. The fourth-order valence-electron chi connectivity index (χ4n) is 2.18. The number of rotatable bonds is 5. The van der Waals surface area contributed by atoms with Crippen LogP contribution in [0.15, 0.2) is 48.5 Å². The highest BCUT2D eigenvalue weighted by Gasteiger charge is 2.16. The molecule has 1 N–H and O–H groups in total. The lowest BCUT2D eigenvalue weighted by Crippen LogP contribution is -2.36. The molecule has 0 radical (unpaired) electrons. The van der Waals surface area contributed by atoms with Crippen LogP contribution in [-0.2, 0) is 9.59 Å². The van der Waals surface area contributed by atoms with Crippen molar-refractivity contribution in [1.29, 1.82) is 5.26 Å². The molecule has 2 aromatic rings. The first-order chi connectivity index (χ1) is 11.5. The molecule has 0 atom stereocenters. The molecule has 6 heteroatoms. The summed E-state index contributed by atoms with van der Waals surface area (Å²) in [6.07, 6.45) is 0. The molecule has 0 fully saturated rings. The number of para-hydroxylation sites is 2. The maximum Gasteiger partial charge on any atom is 0.244 e. The van der Waals surface area contributed by atoms with E-state index in [1.807, 2.05) is 6.07 Å². The van der Waals surface area contributed by atoms with E-state index in [1.165, 1.54) is 18.9 Å². The molecule has 2 rings (SSSR count). The number of ether oxygens (including phenoxy) is 1. The molecule has 0 aliphatic heterocycles. The van der Waals surface area contributed by atoms with Gasteiger partial charge >= 0.3 is 0 Å². The van der Waals surface area contributed by atoms with Gasteiger partial charge in [0.15, 0.2) is 0 Å². The van der Waals surface area contributed by atoms with Crippen molar-refractivity contribution in [2.24, 2.45) is 0 Å². The maximum absolute atomic E-state index is 12.3. The van der Waals surface area contributed by atoms with Gasteiger partial charge in [0.2, 0.25) is 11.8 Å². The van der Waals surface area contributed by atoms with Gasteiger partial charge in [-0.15, -0.1) is 0 Å². The first-order valence-corrected chi connectivity index (χ1v) is 7.26. The van der Waals surface area contributed by atoms with E-state index in [4.69, 9.17) is 10.00 Å². The first-order valence-electron chi connectivity index (χ1n) is 7.26. The SMILES string of the molecule is COc1ccccc1NC(=O)CN(C(C)=O)c1ccc(C#N)cc1. The average Bonchev–Trinajstić information content (AvgIpc) is 2.60. The van der Waals surface area contributed by atoms with Gasteiger partial charge in [-0.25, -0.2) is 0 Å². The molecule has 6 nitrogen and oxygen atoms in total. The molecule has 24 heavy (non-hydrogen) atoms. The van der Waals surface area contributed by atoms with Gasteiger partial charge in [0.05, 0.1) is 24.4 Å². The van der Waals surface area contributed by atoms with Gasteiger partial charge < -0.3 is 15.0 Å². The number of nitriles is 1. The fourth-order valence-corrected chi connectivity index (χ4v) is 2.18. The summed E-state index contributed by atoms with van der Waals surface area (Å²) in [5.41, 5.74) is 1.57. The van der Waals surface area contributed by atoms with Crippen LogP contribution in [0.1, 0.15) is 12.5 Å². The Bertz CT molecular complexity index is 779. The summed E-state index contributed by atoms with van der Waals surface area (Å²) < 4.78 is 5.18. The normalized spacial score (nSPS) is 9.71. The van der Waals surface area contributed by atoms with Crippen molar-refractivity contribution < 1.29 is 14.3 Å². The third-order valence-corrected chi connectivity index (χ3v) is 3.37. The third kappa shape index (κ3) is 4.11. The van der Waals surface area contributed by atoms with Gasteiger partial charge in [-0.2, -0.15) is 5.26 Å². The van der Waals surface area contributed by atoms with E-state index in [9.17, 15) is 9.59 Å². The first kappa shape index (κ1) is 17.0. The summed E-state index contributed by atoms with van der Waals surface area (Å²) in [5, 5.41) is 11.6. The van der Waals surface area contributed by atoms with E-state index >= 15 is 0 Å². The number of carbonyl (C=O) groups excluding carboxylic acids is 2. The highest BCUT2D eigenvalue weighted by atomic mass is 16.5. The number of anilines is 2. The second kappa shape index (κ2) is 7.79. The molecule has 0 aliphatic carbocycles. The maximum atomic E-state index is 12.3. The molecule has 122 valence electrons. The quantitative estimate of drug-likeness (QED) is 0.916. The Morgan fingerprint density at radius 3 is 2.42 bits per heavy atom. The molecular formula is C18H17N3O3. The van der Waals surface area contributed by atoms with Crippen LogP contribution in [0.2, 0.25) is 0 Å². The molecule has 0 unspecified atom stereocenters. The zero-order valence-corrected chi connectivity index (χ0v) is 13.4. The number of methoxy groups -OCH3 is 1. The van der Waals surface area contributed by atoms with E-state index < -0.39 is 0 Å². The lowest BCUT2D eigenvalue weighted by atomic mass is 10.2. The van der Waals surface area contributed by atoms with Crippen molar-refractivity contribution in [3.05, 3.63) is 54.1 Å². The Hall–Kier alpha value is -3.33. The van der Waals surface area contributed by atoms with Crippen LogP contribution < -0.4 is 15.0 Å². The molecule has 0 saturated carbocycles. The molecule has 2 aromatic carbocycles. The monoisotopic (exact) mass is 323 g/mol. The Morgan fingerprint density at radius 1 is 1.17 bits per heavy atom. The Morgan fingerprint density at radius 2 is 1.83 bits per heavy atom. The van der Waals surface area contributed by atoms with Crippen molar-refractivity contribution in [3.63, 3.8) is 0 Å². The van der Waals surface area contributed by atoms with E-state index in [-0.39, 0.29) is 18.4 Å². The molecule has 0 spiro atoms. The second-order valence-corrected chi connectivity index (χ2v) is 5.01. The molecule has 0 aromatic heterocycles. The number of hydrogen-bond donors (Lipinski definition) is 1. The van der Waals surface area contributed by atoms with Crippen LogP contribution >= 0.6 is 0 Å². The van der Waals surface area contributed by atoms with Gasteiger partial charge in [0, 0.05) is 12.6 Å². The van der Waals surface area contributed by atoms with Gasteiger partial charge in [-0.05, 0) is 36.4 Å². The highest BCUT2D eigenvalue weighted by Crippen LogP contribution is 2.23. The number of nitrogens with zero attached hydrogens (tertiary/aromatic N) is 2. The minimum Gasteiger partial charge on any atom is -0.495 e. The van der Waals surface area contributed by atoms with Crippen molar-refractivity contribution in [3.8, 4) is 11.8 Å². The van der Waals surface area contributed by atoms with Crippen molar-refractivity contribution in [2.45, 2.75) is 6.92 Å². The summed E-state index contributed by atoms with van der Waals surface area (Å²) in [5.74, 6) is -0.0763. The number of carbonyl (C=O) groups is 2. The number of benzene rings is 2. The largest absolute Gasteiger partial charge is 0.495 e. The molecule has 0 aliphatic rings. The van der Waals surface area contributed by atoms with Crippen LogP contribution in [-0.4, -0.2) is 25.5 Å². The summed E-state index contributed by atoms with van der Waals surface area (Å²) >= 11 is 0. The van der Waals surface area contributed by atoms with Crippen molar-refractivity contribution in [1.82, 2.24) is 0 Å². The fraction of sp³-hybridized carbons (Fsp3) is 0.167. The Kier molecular flexibility index (Phi) is 5.53. The summed E-state index contributed by atoms with van der Waals surface area (Å²) in [6, 6.07) is 15.5. The molecule has 0 bridgehead atoms. The van der Waals surface area contributed by atoms with E-state index in [2.05, 4.69) is 5.32 Å². The van der Waals surface area contributed by atoms with E-state index in [0.29, 0.717) is 22.7 Å². The second-order valence-electron chi connectivity index (χ2n) is 5.01. The number of amides is 2. The molecule has 0 saturated heterocycles. The smallest absolute Gasteiger partial charge is 0.244 e. The number of hydrogen-bond acceptors (Lipinski definition) is 4. The average molecular weight is 323 g/mol. The van der Waals surface area contributed by atoms with Crippen LogP contribution in [0, 0.1) is 11.3 Å². The van der Waals surface area contributed by atoms with Crippen molar-refractivity contribution in [2.75, 3.05) is 23.9 Å². The molecule has 2 amide bonds. The Balaban J connectivity index is 2.14. The zero-order chi connectivity index (χ0) is 17.5. The van der Waals surface area contributed by atoms with Crippen LogP contribution in [0.3, 0.4) is 0 Å². The molecule has 0 heterocycles. The molecular weight excluding hydrogens is 306 g/mol. The standard InChI is InChI=1S/C18H17N3O3/c1-13(22)21(15-9-7-14(11-19)8-10-15)12-18(23)20-16-5-3-4-6-17(16)24-2/h3-10H,12H2,1-2H3,(H,20,23). The van der Waals surface area contributed by atoms with Gasteiger partial charge in [0.1, 0.15) is 12.3 Å². The van der Waals surface area contributed by atoms with Gasteiger partial charge in [0.25, 0.3) is 0 Å². The summed E-state index contributed by atoms with van der Waals surface area (Å²) in [6.45, 7) is 1.24. The van der Waals surface area contributed by atoms with Crippen LogP contribution in [0.4, 0.5) is 11.4 Å². The van der Waals surface area contributed by atoms with E-state index in [0.717, 1.165) is 0 Å². The van der Waals surface area contributed by atoms with Crippen LogP contribution in [0.5, 0.6) is 5.75 Å². The zero-order valence-electron chi connectivity index (χ0n) is 13.4. The Labute approximate surface area is 140 Å². The minimum absolute atomic E-state index is 0.140.